The van der Waals surface area contributed by atoms with Gasteiger partial charge in [0.15, 0.2) is 5.65 Å². The number of aromatic nitrogens is 6. The minimum absolute atomic E-state index is 0.118. The third kappa shape index (κ3) is 2.92. The molecular weight excluding hydrogens is 320 g/mol. The van der Waals surface area contributed by atoms with Gasteiger partial charge in [0, 0.05) is 38.1 Å². The number of nitrogens with zero attached hydrogens (tertiary/aromatic N) is 6. The fraction of sp³-hybridized carbons (Fsp3) is 0.438. The zero-order chi connectivity index (χ0) is 17.4. The van der Waals surface area contributed by atoms with E-state index in [-0.39, 0.29) is 11.9 Å². The zero-order valence-corrected chi connectivity index (χ0v) is 14.2. The van der Waals surface area contributed by atoms with E-state index in [4.69, 9.17) is 0 Å². The number of fused-ring (bicyclic) bond motifs is 1. The van der Waals surface area contributed by atoms with Crippen LogP contribution in [0.3, 0.4) is 0 Å². The molecule has 0 radical (unpaired) electrons. The molecule has 3 aromatic heterocycles. The molecule has 2 N–H and O–H groups in total. The second-order valence-electron chi connectivity index (χ2n) is 6.38. The lowest BCUT2D eigenvalue weighted by Gasteiger charge is -2.26. The number of aryl methyl sites for hydroxylation is 1. The Bertz CT molecular complexity index is 887. The van der Waals surface area contributed by atoms with E-state index in [1.54, 1.807) is 12.4 Å². The van der Waals surface area contributed by atoms with Gasteiger partial charge in [0.2, 0.25) is 5.91 Å². The highest BCUT2D eigenvalue weighted by atomic mass is 16.2. The van der Waals surface area contributed by atoms with Crippen LogP contribution in [0.2, 0.25) is 0 Å². The summed E-state index contributed by atoms with van der Waals surface area (Å²) in [5.41, 5.74) is 1.58. The van der Waals surface area contributed by atoms with Gasteiger partial charge in [-0.2, -0.15) is 10.2 Å². The molecule has 1 aliphatic heterocycles. The van der Waals surface area contributed by atoms with Gasteiger partial charge in [0.25, 0.3) is 0 Å². The van der Waals surface area contributed by atoms with Crippen LogP contribution in [0.1, 0.15) is 17.9 Å². The summed E-state index contributed by atoms with van der Waals surface area (Å²) in [6.07, 6.45) is 4.68. The van der Waals surface area contributed by atoms with Gasteiger partial charge >= 0.3 is 0 Å². The van der Waals surface area contributed by atoms with Gasteiger partial charge in [-0.05, 0) is 19.4 Å². The molecule has 1 aliphatic rings. The maximum absolute atomic E-state index is 12.5. The Morgan fingerprint density at radius 2 is 2.24 bits per heavy atom. The second kappa shape index (κ2) is 6.15. The van der Waals surface area contributed by atoms with E-state index >= 15 is 0 Å². The molecule has 1 atom stereocenters. The molecule has 0 aliphatic carbocycles. The fourth-order valence-corrected chi connectivity index (χ4v) is 3.31. The summed E-state index contributed by atoms with van der Waals surface area (Å²) in [6.45, 7) is 3.30. The van der Waals surface area contributed by atoms with Gasteiger partial charge < -0.3 is 9.80 Å². The summed E-state index contributed by atoms with van der Waals surface area (Å²) >= 11 is 0. The Hall–Kier alpha value is -2.97. The molecule has 4 heterocycles. The Kier molecular flexibility index (Phi) is 3.83. The number of hydrogen-bond acceptors (Lipinski definition) is 6. The number of aromatic amines is 2. The monoisotopic (exact) mass is 340 g/mol. The average molecular weight is 340 g/mol. The molecule has 0 spiro atoms. The quantitative estimate of drug-likeness (QED) is 0.723. The van der Waals surface area contributed by atoms with Crippen LogP contribution in [-0.2, 0) is 11.2 Å². The molecule has 0 saturated carbocycles. The Balaban J connectivity index is 1.49. The van der Waals surface area contributed by atoms with E-state index < -0.39 is 0 Å². The number of likely N-dealkylation sites (N-methyl/N-ethyl adjacent to an activating group) is 1. The van der Waals surface area contributed by atoms with Crippen molar-refractivity contribution < 1.29 is 4.79 Å². The molecule has 25 heavy (non-hydrogen) atoms. The summed E-state index contributed by atoms with van der Waals surface area (Å²) < 4.78 is 0. The molecular formula is C16H20N8O. The van der Waals surface area contributed by atoms with Crippen LogP contribution in [0.5, 0.6) is 0 Å². The molecule has 0 bridgehead atoms. The lowest BCUT2D eigenvalue weighted by Crippen LogP contribution is -2.37. The number of carbonyl (C=O) groups excluding carboxylic acids is 1. The van der Waals surface area contributed by atoms with E-state index in [2.05, 4.69) is 35.3 Å². The first-order valence-electron chi connectivity index (χ1n) is 8.28. The van der Waals surface area contributed by atoms with Crippen molar-refractivity contribution >= 4 is 22.8 Å². The van der Waals surface area contributed by atoms with Gasteiger partial charge in [0.1, 0.15) is 11.6 Å². The Labute approximate surface area is 144 Å². The van der Waals surface area contributed by atoms with Crippen molar-refractivity contribution in [2.75, 3.05) is 25.0 Å². The molecule has 1 saturated heterocycles. The number of likely N-dealkylation sites (tertiary alicyclic amines) is 1. The van der Waals surface area contributed by atoms with Crippen molar-refractivity contribution in [2.45, 2.75) is 25.8 Å². The molecule has 3 aromatic rings. The number of hydrogen-bond donors (Lipinski definition) is 2. The third-order valence-corrected chi connectivity index (χ3v) is 4.70. The lowest BCUT2D eigenvalue weighted by molar-refractivity contribution is -0.129. The molecule has 0 aromatic carbocycles. The first-order chi connectivity index (χ1) is 12.1. The van der Waals surface area contributed by atoms with E-state index in [1.165, 1.54) is 0 Å². The number of anilines is 1. The number of rotatable bonds is 4. The van der Waals surface area contributed by atoms with Crippen molar-refractivity contribution in [3.63, 3.8) is 0 Å². The average Bonchev–Trinajstić information content (AvgIpc) is 3.33. The van der Waals surface area contributed by atoms with Crippen molar-refractivity contribution in [3.05, 3.63) is 30.0 Å². The van der Waals surface area contributed by atoms with E-state index in [0.717, 1.165) is 35.5 Å². The molecule has 1 unspecified atom stereocenters. The minimum Gasteiger partial charge on any atom is -0.354 e. The smallest absolute Gasteiger partial charge is 0.228 e. The van der Waals surface area contributed by atoms with Gasteiger partial charge in [-0.25, -0.2) is 9.97 Å². The van der Waals surface area contributed by atoms with Gasteiger partial charge in [-0.15, -0.1) is 0 Å². The number of carbonyl (C=O) groups is 1. The first kappa shape index (κ1) is 15.6. The van der Waals surface area contributed by atoms with Gasteiger partial charge in [-0.3, -0.25) is 15.0 Å². The summed E-state index contributed by atoms with van der Waals surface area (Å²) in [6, 6.07) is 2.05. The lowest BCUT2D eigenvalue weighted by atomic mass is 10.2. The molecule has 130 valence electrons. The summed E-state index contributed by atoms with van der Waals surface area (Å²) in [5.74, 6) is 1.67. The number of amides is 1. The van der Waals surface area contributed by atoms with Crippen molar-refractivity contribution in [1.82, 2.24) is 35.3 Å². The number of nitrogens with one attached hydrogen (secondary N) is 2. The van der Waals surface area contributed by atoms with Crippen LogP contribution in [0.25, 0.3) is 11.0 Å². The second-order valence-corrected chi connectivity index (χ2v) is 6.38. The zero-order valence-electron chi connectivity index (χ0n) is 14.2. The van der Waals surface area contributed by atoms with E-state index in [1.807, 2.05) is 24.9 Å². The van der Waals surface area contributed by atoms with Crippen LogP contribution in [0.15, 0.2) is 18.5 Å². The molecule has 4 rings (SSSR count). The predicted octanol–water partition coefficient (Wildman–Crippen LogP) is 0.664. The van der Waals surface area contributed by atoms with Crippen LogP contribution in [-0.4, -0.2) is 67.3 Å². The van der Waals surface area contributed by atoms with Gasteiger partial charge in [-0.1, -0.05) is 0 Å². The highest BCUT2D eigenvalue weighted by Crippen LogP contribution is 2.26. The fourth-order valence-electron chi connectivity index (χ4n) is 3.31. The largest absolute Gasteiger partial charge is 0.354 e. The van der Waals surface area contributed by atoms with E-state index in [0.29, 0.717) is 18.8 Å². The van der Waals surface area contributed by atoms with Crippen molar-refractivity contribution in [3.8, 4) is 0 Å². The van der Waals surface area contributed by atoms with Crippen LogP contribution in [0.4, 0.5) is 5.82 Å². The normalized spacial score (nSPS) is 17.4. The van der Waals surface area contributed by atoms with Crippen molar-refractivity contribution in [1.29, 1.82) is 0 Å². The first-order valence-corrected chi connectivity index (χ1v) is 8.28. The Morgan fingerprint density at radius 1 is 1.36 bits per heavy atom. The SMILES string of the molecule is Cc1nc(N(C)C2CCN(C(=O)Cc3ccn[nH]3)C2)c2cn[nH]c2n1. The topological polar surface area (TPSA) is 107 Å². The molecule has 9 heteroatoms. The maximum atomic E-state index is 12.5. The van der Waals surface area contributed by atoms with Crippen LogP contribution in [0, 0.1) is 6.92 Å². The van der Waals surface area contributed by atoms with E-state index in [9.17, 15) is 4.79 Å². The van der Waals surface area contributed by atoms with Crippen molar-refractivity contribution in [2.24, 2.45) is 0 Å². The highest BCUT2D eigenvalue weighted by molar-refractivity contribution is 5.86. The summed E-state index contributed by atoms with van der Waals surface area (Å²) in [7, 11) is 2.02. The number of H-pyrrole nitrogens is 2. The summed E-state index contributed by atoms with van der Waals surface area (Å²) in [5, 5.41) is 14.6. The highest BCUT2D eigenvalue weighted by Gasteiger charge is 2.30. The standard InChI is InChI=1S/C16H20N8O/c1-10-19-15-13(8-18-22-15)16(20-10)23(2)12-4-6-24(9-12)14(25)7-11-3-5-17-21-11/h3,5,8,12H,4,6-7,9H2,1-2H3,(H,17,21)(H,18,19,20,22). The minimum atomic E-state index is 0.118. The maximum Gasteiger partial charge on any atom is 0.228 e. The van der Waals surface area contributed by atoms with Gasteiger partial charge in [0.05, 0.1) is 18.0 Å². The summed E-state index contributed by atoms with van der Waals surface area (Å²) in [4.78, 5) is 25.4. The predicted molar refractivity (Wildman–Crippen MR) is 92.1 cm³/mol. The Morgan fingerprint density at radius 3 is 3.04 bits per heavy atom. The molecule has 9 nitrogen and oxygen atoms in total. The van der Waals surface area contributed by atoms with Crippen LogP contribution >= 0.6 is 0 Å². The van der Waals surface area contributed by atoms with Crippen LogP contribution < -0.4 is 4.90 Å². The molecule has 1 fully saturated rings. The third-order valence-electron chi connectivity index (χ3n) is 4.70. The molecule has 1 amide bonds.